The van der Waals surface area contributed by atoms with Crippen LogP contribution in [0.5, 0.6) is 0 Å². The second-order valence-electron chi connectivity index (χ2n) is 5.13. The fourth-order valence-electron chi connectivity index (χ4n) is 2.32. The normalized spacial score (nSPS) is 40.1. The van der Waals surface area contributed by atoms with E-state index in [0.29, 0.717) is 0 Å². The lowest BCUT2D eigenvalue weighted by Gasteiger charge is -2.41. The summed E-state index contributed by atoms with van der Waals surface area (Å²) in [7, 11) is -4.29. The highest BCUT2D eigenvalue weighted by molar-refractivity contribution is 7.59. The third-order valence-corrected chi connectivity index (χ3v) is 6.12. The van der Waals surface area contributed by atoms with E-state index in [1.807, 2.05) is 30.3 Å². The molecule has 1 aliphatic heterocycles. The standard InChI is InChI=1S/C13H19O7P/c14-10-9(7-20-6-8-4-2-1-3-5-8)21(18,19)13(17)12(16)11(10)15/h1-5,9-17H,6-7H2,(H,18,19)/t9-,10-,11+,12+,13+/m1/s1. The van der Waals surface area contributed by atoms with E-state index in [1.54, 1.807) is 0 Å². The Balaban J connectivity index is 2.02. The maximum absolute atomic E-state index is 12.1. The molecular formula is C13H19O7P. The fourth-order valence-corrected chi connectivity index (χ4v) is 4.26. The van der Waals surface area contributed by atoms with Gasteiger partial charge >= 0.3 is 0 Å². The summed E-state index contributed by atoms with van der Waals surface area (Å²) in [5.74, 6) is -2.00. The molecule has 8 heteroatoms. The second kappa shape index (κ2) is 6.54. The van der Waals surface area contributed by atoms with Crippen molar-refractivity contribution in [1.29, 1.82) is 0 Å². The number of ether oxygens (including phenoxy) is 1. The molecule has 0 bridgehead atoms. The van der Waals surface area contributed by atoms with Gasteiger partial charge in [-0.25, -0.2) is 0 Å². The van der Waals surface area contributed by atoms with Crippen LogP contribution >= 0.6 is 7.37 Å². The predicted octanol–water partition coefficient (Wildman–Crippen LogP) is -0.743. The van der Waals surface area contributed by atoms with Crippen LogP contribution in [0.1, 0.15) is 5.56 Å². The van der Waals surface area contributed by atoms with Gasteiger partial charge in [0.05, 0.1) is 25.0 Å². The van der Waals surface area contributed by atoms with Gasteiger partial charge in [0.25, 0.3) is 0 Å². The Kier molecular flexibility index (Phi) is 5.16. The Hall–Kier alpha value is -0.790. The molecule has 0 saturated carbocycles. The molecule has 1 aliphatic rings. The van der Waals surface area contributed by atoms with Crippen molar-refractivity contribution in [3.05, 3.63) is 35.9 Å². The van der Waals surface area contributed by atoms with Crippen molar-refractivity contribution >= 4 is 7.37 Å². The molecule has 5 N–H and O–H groups in total. The lowest BCUT2D eigenvalue weighted by molar-refractivity contribution is -0.108. The van der Waals surface area contributed by atoms with Crippen molar-refractivity contribution in [2.45, 2.75) is 36.4 Å². The maximum Gasteiger partial charge on any atom is 0.238 e. The first kappa shape index (κ1) is 16.6. The number of hydrogen-bond acceptors (Lipinski definition) is 6. The highest BCUT2D eigenvalue weighted by atomic mass is 31.2. The van der Waals surface area contributed by atoms with E-state index in [4.69, 9.17) is 4.74 Å². The molecule has 21 heavy (non-hydrogen) atoms. The predicted molar refractivity (Wildman–Crippen MR) is 73.7 cm³/mol. The van der Waals surface area contributed by atoms with Gasteiger partial charge in [0, 0.05) is 0 Å². The largest absolute Gasteiger partial charge is 0.389 e. The average Bonchev–Trinajstić information content (AvgIpc) is 2.48. The highest BCUT2D eigenvalue weighted by Gasteiger charge is 2.55. The number of rotatable bonds is 4. The highest BCUT2D eigenvalue weighted by Crippen LogP contribution is 2.56. The molecule has 1 aromatic carbocycles. The molecule has 0 amide bonds. The van der Waals surface area contributed by atoms with Gasteiger partial charge in [-0.15, -0.1) is 0 Å². The number of benzene rings is 1. The zero-order valence-electron chi connectivity index (χ0n) is 11.2. The molecule has 0 aliphatic carbocycles. The van der Waals surface area contributed by atoms with Crippen molar-refractivity contribution < 1.29 is 34.6 Å². The fraction of sp³-hybridized carbons (Fsp3) is 0.538. The zero-order valence-corrected chi connectivity index (χ0v) is 12.1. The van der Waals surface area contributed by atoms with E-state index >= 15 is 0 Å². The SMILES string of the molecule is O=P1(O)[C@H](O)[C@@H](O)[C@@H](O)[C@H](O)[C@H]1COCc1ccccc1. The summed E-state index contributed by atoms with van der Waals surface area (Å²) in [6, 6.07) is 9.08. The third kappa shape index (κ3) is 3.35. The molecule has 6 atom stereocenters. The molecular weight excluding hydrogens is 299 g/mol. The lowest BCUT2D eigenvalue weighted by atomic mass is 10.0. The minimum atomic E-state index is -4.29. The van der Waals surface area contributed by atoms with Crippen LogP contribution in [-0.2, 0) is 15.9 Å². The van der Waals surface area contributed by atoms with Gasteiger partial charge in [0.1, 0.15) is 12.2 Å². The van der Waals surface area contributed by atoms with Gasteiger partial charge in [-0.2, -0.15) is 0 Å². The average molecular weight is 318 g/mol. The molecule has 1 unspecified atom stereocenters. The van der Waals surface area contributed by atoms with Crippen LogP contribution in [0.25, 0.3) is 0 Å². The second-order valence-corrected chi connectivity index (χ2v) is 7.66. The van der Waals surface area contributed by atoms with E-state index < -0.39 is 37.2 Å². The quantitative estimate of drug-likeness (QED) is 0.462. The summed E-state index contributed by atoms with van der Waals surface area (Å²) in [5.41, 5.74) is -0.508. The van der Waals surface area contributed by atoms with E-state index in [-0.39, 0.29) is 13.2 Å². The van der Waals surface area contributed by atoms with Crippen LogP contribution in [-0.4, -0.2) is 61.7 Å². The van der Waals surface area contributed by atoms with Gasteiger partial charge in [-0.05, 0) is 5.56 Å². The topological polar surface area (TPSA) is 127 Å². The summed E-state index contributed by atoms with van der Waals surface area (Å²) in [4.78, 5) is 9.85. The van der Waals surface area contributed by atoms with Gasteiger partial charge in [0.2, 0.25) is 7.37 Å². The monoisotopic (exact) mass is 318 g/mol. The van der Waals surface area contributed by atoms with Crippen LogP contribution < -0.4 is 0 Å². The maximum atomic E-state index is 12.1. The molecule has 7 nitrogen and oxygen atoms in total. The Labute approximate surface area is 121 Å². The Morgan fingerprint density at radius 2 is 1.62 bits per heavy atom. The Morgan fingerprint density at radius 3 is 2.24 bits per heavy atom. The minimum Gasteiger partial charge on any atom is -0.389 e. The van der Waals surface area contributed by atoms with Crippen LogP contribution in [0.15, 0.2) is 30.3 Å². The molecule has 0 spiro atoms. The van der Waals surface area contributed by atoms with Gasteiger partial charge in [0.15, 0.2) is 5.85 Å². The van der Waals surface area contributed by atoms with Gasteiger partial charge < -0.3 is 30.1 Å². The molecule has 1 saturated heterocycles. The first-order valence-corrected chi connectivity index (χ1v) is 8.31. The third-order valence-electron chi connectivity index (χ3n) is 3.65. The van der Waals surface area contributed by atoms with Crippen LogP contribution in [0.3, 0.4) is 0 Å². The Morgan fingerprint density at radius 1 is 1.00 bits per heavy atom. The van der Waals surface area contributed by atoms with E-state index in [1.165, 1.54) is 0 Å². The molecule has 2 rings (SSSR count). The number of aliphatic hydroxyl groups excluding tert-OH is 4. The molecule has 1 aromatic rings. The molecule has 1 fully saturated rings. The summed E-state index contributed by atoms with van der Waals surface area (Å²) in [6.45, 7) is -0.149. The number of hydrogen-bond donors (Lipinski definition) is 5. The van der Waals surface area contributed by atoms with E-state index in [9.17, 15) is 29.9 Å². The minimum absolute atomic E-state index is 0.165. The van der Waals surface area contributed by atoms with Crippen molar-refractivity contribution in [2.75, 3.05) is 6.61 Å². The van der Waals surface area contributed by atoms with E-state index in [0.717, 1.165) is 5.56 Å². The smallest absolute Gasteiger partial charge is 0.238 e. The summed E-state index contributed by atoms with van der Waals surface area (Å²) in [6.07, 6.45) is -5.20. The van der Waals surface area contributed by atoms with Crippen LogP contribution in [0.4, 0.5) is 0 Å². The van der Waals surface area contributed by atoms with Gasteiger partial charge in [-0.1, -0.05) is 30.3 Å². The van der Waals surface area contributed by atoms with Crippen LogP contribution in [0, 0.1) is 0 Å². The summed E-state index contributed by atoms with van der Waals surface area (Å²) >= 11 is 0. The van der Waals surface area contributed by atoms with Crippen LogP contribution in [0.2, 0.25) is 0 Å². The summed E-state index contributed by atoms with van der Waals surface area (Å²) < 4.78 is 17.4. The van der Waals surface area contributed by atoms with Gasteiger partial charge in [-0.3, -0.25) is 4.57 Å². The van der Waals surface area contributed by atoms with Crippen molar-refractivity contribution in [3.63, 3.8) is 0 Å². The van der Waals surface area contributed by atoms with Crippen molar-refractivity contribution in [1.82, 2.24) is 0 Å². The first-order chi connectivity index (χ1) is 9.85. The molecule has 0 radical (unpaired) electrons. The summed E-state index contributed by atoms with van der Waals surface area (Å²) in [5, 5.41) is 38.4. The first-order valence-electron chi connectivity index (χ1n) is 6.51. The molecule has 1 heterocycles. The molecule has 0 aromatic heterocycles. The zero-order chi connectivity index (χ0) is 15.6. The molecule has 118 valence electrons. The number of aliphatic hydroxyl groups is 4. The van der Waals surface area contributed by atoms with Crippen molar-refractivity contribution in [3.8, 4) is 0 Å². The van der Waals surface area contributed by atoms with E-state index in [2.05, 4.69) is 0 Å². The lowest BCUT2D eigenvalue weighted by Crippen LogP contribution is -2.56. The Bertz CT molecular complexity index is 509. The van der Waals surface area contributed by atoms with Crippen molar-refractivity contribution in [2.24, 2.45) is 0 Å².